The van der Waals surface area contributed by atoms with Crippen LogP contribution in [0.2, 0.25) is 0 Å². The van der Waals surface area contributed by atoms with Gasteiger partial charge in [-0.25, -0.2) is 0 Å². The maximum atomic E-state index is 8.46. The van der Waals surface area contributed by atoms with Crippen molar-refractivity contribution in [1.82, 2.24) is 9.88 Å². The van der Waals surface area contributed by atoms with Crippen molar-refractivity contribution in [1.29, 1.82) is 0 Å². The van der Waals surface area contributed by atoms with Gasteiger partial charge in [-0.2, -0.15) is 0 Å². The van der Waals surface area contributed by atoms with Crippen LogP contribution in [0.25, 0.3) is 0 Å². The molecular weight excluding hydrogens is 180 g/mol. The highest BCUT2D eigenvalue weighted by molar-refractivity contribution is 5.09. The topological polar surface area (TPSA) is 46.4 Å². The number of nitrogens with zero attached hydrogens (tertiary/aromatic N) is 1. The molecule has 1 aromatic heterocycles. The van der Waals surface area contributed by atoms with Crippen LogP contribution in [0.15, 0.2) is 18.5 Å². The first-order valence-electron chi connectivity index (χ1n) is 4.83. The molecule has 0 saturated carbocycles. The second kappa shape index (κ2) is 6.59. The highest BCUT2D eigenvalue weighted by atomic mass is 16.5. The largest absolute Gasteiger partial charge is 0.394 e. The van der Waals surface area contributed by atoms with Crippen molar-refractivity contribution >= 4 is 0 Å². The van der Waals surface area contributed by atoms with Crippen molar-refractivity contribution < 1.29 is 9.84 Å². The number of rotatable bonds is 7. The van der Waals surface area contributed by atoms with Gasteiger partial charge in [-0.15, -0.1) is 0 Å². The Balaban J connectivity index is 1.99. The Morgan fingerprint density at radius 3 is 3.00 bits per heavy atom. The van der Waals surface area contributed by atoms with Crippen molar-refractivity contribution in [3.05, 3.63) is 24.0 Å². The maximum absolute atomic E-state index is 8.46. The first-order chi connectivity index (χ1) is 6.83. The molecule has 1 rings (SSSR count). The van der Waals surface area contributed by atoms with E-state index in [-0.39, 0.29) is 6.61 Å². The number of ether oxygens (including phenoxy) is 1. The van der Waals surface area contributed by atoms with Gasteiger partial charge in [0.2, 0.25) is 0 Å². The third kappa shape index (κ3) is 4.41. The molecule has 0 saturated heterocycles. The number of aliphatic hydroxyl groups is 1. The van der Waals surface area contributed by atoms with Gasteiger partial charge in [0.1, 0.15) is 0 Å². The van der Waals surface area contributed by atoms with E-state index in [1.54, 1.807) is 0 Å². The highest BCUT2D eigenvalue weighted by Gasteiger charge is 1.93. The Bertz CT molecular complexity index is 248. The number of hydrogen-bond donors (Lipinski definition) is 2. The third-order valence-corrected chi connectivity index (χ3v) is 1.88. The van der Waals surface area contributed by atoms with Crippen molar-refractivity contribution in [3.63, 3.8) is 0 Å². The average Bonchev–Trinajstić information content (AvgIpc) is 2.58. The second-order valence-electron chi connectivity index (χ2n) is 3.20. The summed E-state index contributed by atoms with van der Waals surface area (Å²) in [5, 5.41) is 11.7. The summed E-state index contributed by atoms with van der Waals surface area (Å²) in [7, 11) is 2.01. The number of aromatic nitrogens is 1. The Morgan fingerprint density at radius 1 is 1.50 bits per heavy atom. The number of nitrogens with one attached hydrogen (secondary N) is 1. The number of aryl methyl sites for hydroxylation is 1. The van der Waals surface area contributed by atoms with Crippen LogP contribution in [-0.2, 0) is 18.3 Å². The summed E-state index contributed by atoms with van der Waals surface area (Å²) in [4.78, 5) is 0. The molecule has 0 atom stereocenters. The predicted molar refractivity (Wildman–Crippen MR) is 55.0 cm³/mol. The van der Waals surface area contributed by atoms with E-state index in [4.69, 9.17) is 9.84 Å². The van der Waals surface area contributed by atoms with Gasteiger partial charge in [0.15, 0.2) is 0 Å². The minimum absolute atomic E-state index is 0.0959. The summed E-state index contributed by atoms with van der Waals surface area (Å²) >= 11 is 0. The van der Waals surface area contributed by atoms with E-state index in [1.807, 2.05) is 17.8 Å². The van der Waals surface area contributed by atoms with E-state index in [0.717, 1.165) is 13.1 Å². The highest BCUT2D eigenvalue weighted by Crippen LogP contribution is 1.97. The standard InChI is InChI=1S/C10H18N2O2/c1-12-4-2-10(9-12)8-11-3-6-14-7-5-13/h2,4,9,11,13H,3,5-8H2,1H3. The molecule has 4 heteroatoms. The molecule has 0 aliphatic heterocycles. The van der Waals surface area contributed by atoms with Crippen molar-refractivity contribution in [2.75, 3.05) is 26.4 Å². The Morgan fingerprint density at radius 2 is 2.36 bits per heavy atom. The lowest BCUT2D eigenvalue weighted by molar-refractivity contribution is 0.0938. The van der Waals surface area contributed by atoms with Gasteiger partial charge >= 0.3 is 0 Å². The Labute approximate surface area is 84.5 Å². The van der Waals surface area contributed by atoms with Crippen molar-refractivity contribution in [2.45, 2.75) is 6.54 Å². The van der Waals surface area contributed by atoms with Crippen LogP contribution in [-0.4, -0.2) is 36.0 Å². The molecule has 0 fully saturated rings. The zero-order valence-electron chi connectivity index (χ0n) is 8.57. The van der Waals surface area contributed by atoms with E-state index in [9.17, 15) is 0 Å². The summed E-state index contributed by atoms with van der Waals surface area (Å²) in [5.74, 6) is 0. The first kappa shape index (κ1) is 11.2. The van der Waals surface area contributed by atoms with Crippen LogP contribution in [0.5, 0.6) is 0 Å². The van der Waals surface area contributed by atoms with Crippen molar-refractivity contribution in [3.8, 4) is 0 Å². The van der Waals surface area contributed by atoms with Crippen LogP contribution in [0, 0.1) is 0 Å². The van der Waals surface area contributed by atoms with Gasteiger partial charge in [0.25, 0.3) is 0 Å². The van der Waals surface area contributed by atoms with Gasteiger partial charge < -0.3 is 19.7 Å². The number of hydrogen-bond acceptors (Lipinski definition) is 3. The van der Waals surface area contributed by atoms with Crippen LogP contribution < -0.4 is 5.32 Å². The molecule has 0 aromatic carbocycles. The fraction of sp³-hybridized carbons (Fsp3) is 0.600. The van der Waals surface area contributed by atoms with E-state index in [0.29, 0.717) is 13.2 Å². The van der Waals surface area contributed by atoms with Crippen LogP contribution >= 0.6 is 0 Å². The maximum Gasteiger partial charge on any atom is 0.0698 e. The van der Waals surface area contributed by atoms with E-state index < -0.39 is 0 Å². The fourth-order valence-electron chi connectivity index (χ4n) is 1.21. The molecule has 0 spiro atoms. The zero-order chi connectivity index (χ0) is 10.2. The molecule has 1 heterocycles. The number of aliphatic hydroxyl groups excluding tert-OH is 1. The van der Waals surface area contributed by atoms with Crippen molar-refractivity contribution in [2.24, 2.45) is 7.05 Å². The monoisotopic (exact) mass is 198 g/mol. The minimum atomic E-state index is 0.0959. The lowest BCUT2D eigenvalue weighted by Gasteiger charge is -2.03. The minimum Gasteiger partial charge on any atom is -0.394 e. The molecule has 80 valence electrons. The first-order valence-corrected chi connectivity index (χ1v) is 4.83. The fourth-order valence-corrected chi connectivity index (χ4v) is 1.21. The summed E-state index contributed by atoms with van der Waals surface area (Å²) in [6.07, 6.45) is 4.11. The summed E-state index contributed by atoms with van der Waals surface area (Å²) in [5.41, 5.74) is 1.27. The lowest BCUT2D eigenvalue weighted by Crippen LogP contribution is -2.19. The van der Waals surface area contributed by atoms with Gasteiger partial charge in [-0.3, -0.25) is 0 Å². The van der Waals surface area contributed by atoms with E-state index >= 15 is 0 Å². The molecule has 0 radical (unpaired) electrons. The summed E-state index contributed by atoms with van der Waals surface area (Å²) in [6.45, 7) is 2.84. The lowest BCUT2D eigenvalue weighted by atomic mass is 10.3. The SMILES string of the molecule is Cn1ccc(CNCCOCCO)c1. The predicted octanol–water partition coefficient (Wildman–Crippen LogP) is 0.124. The third-order valence-electron chi connectivity index (χ3n) is 1.88. The molecule has 0 aliphatic carbocycles. The van der Waals surface area contributed by atoms with Gasteiger partial charge in [-0.1, -0.05) is 0 Å². The Hall–Kier alpha value is -0.840. The summed E-state index contributed by atoms with van der Waals surface area (Å²) < 4.78 is 7.14. The van der Waals surface area contributed by atoms with Crippen LogP contribution in [0.4, 0.5) is 0 Å². The normalized spacial score (nSPS) is 10.7. The molecule has 0 unspecified atom stereocenters. The smallest absolute Gasteiger partial charge is 0.0698 e. The molecule has 0 aliphatic rings. The summed E-state index contributed by atoms with van der Waals surface area (Å²) in [6, 6.07) is 2.08. The van der Waals surface area contributed by atoms with E-state index in [1.165, 1.54) is 5.56 Å². The molecule has 4 nitrogen and oxygen atoms in total. The molecule has 1 aromatic rings. The average molecular weight is 198 g/mol. The second-order valence-corrected chi connectivity index (χ2v) is 3.20. The molecule has 0 amide bonds. The Kier molecular flexibility index (Phi) is 5.29. The quantitative estimate of drug-likeness (QED) is 0.612. The van der Waals surface area contributed by atoms with Gasteiger partial charge in [0.05, 0.1) is 19.8 Å². The molecule has 14 heavy (non-hydrogen) atoms. The molecule has 2 N–H and O–H groups in total. The van der Waals surface area contributed by atoms with Gasteiger partial charge in [0, 0.05) is 32.5 Å². The zero-order valence-corrected chi connectivity index (χ0v) is 8.57. The van der Waals surface area contributed by atoms with Crippen LogP contribution in [0.3, 0.4) is 0 Å². The van der Waals surface area contributed by atoms with E-state index in [2.05, 4.69) is 17.6 Å². The van der Waals surface area contributed by atoms with Gasteiger partial charge in [-0.05, 0) is 11.6 Å². The molecule has 0 bridgehead atoms. The molecular formula is C10H18N2O2. The van der Waals surface area contributed by atoms with Crippen LogP contribution in [0.1, 0.15) is 5.56 Å².